The highest BCUT2D eigenvalue weighted by atomic mass is 35.5. The van der Waals surface area contributed by atoms with Crippen molar-refractivity contribution in [3.8, 4) is 0 Å². The fraction of sp³-hybridized carbons (Fsp3) is 0.500. The number of carbonyl (C=O) groups is 2. The monoisotopic (exact) mass is 323 g/mol. The van der Waals surface area contributed by atoms with E-state index < -0.39 is 5.54 Å². The first kappa shape index (κ1) is 16.4. The van der Waals surface area contributed by atoms with E-state index in [0.29, 0.717) is 14.2 Å². The zero-order valence-corrected chi connectivity index (χ0v) is 13.0. The van der Waals surface area contributed by atoms with Gasteiger partial charge in [0.15, 0.2) is 5.78 Å². The van der Waals surface area contributed by atoms with E-state index in [9.17, 15) is 9.59 Å². The van der Waals surface area contributed by atoms with Gasteiger partial charge in [0.05, 0.1) is 16.5 Å². The van der Waals surface area contributed by atoms with E-state index in [1.54, 1.807) is 13.8 Å². The summed E-state index contributed by atoms with van der Waals surface area (Å²) in [4.78, 5) is 23.5. The zero-order valence-electron chi connectivity index (χ0n) is 10.6. The number of carbonyl (C=O) groups excluding carboxylic acids is 2. The van der Waals surface area contributed by atoms with Crippen molar-refractivity contribution < 1.29 is 14.7 Å². The average Bonchev–Trinajstić information content (AvgIpc) is 2.65. The average molecular weight is 324 g/mol. The smallest absolute Gasteiger partial charge is 0.220 e. The van der Waals surface area contributed by atoms with Crippen LogP contribution in [0.2, 0.25) is 8.67 Å². The van der Waals surface area contributed by atoms with Crippen molar-refractivity contribution in [1.29, 1.82) is 0 Å². The lowest BCUT2D eigenvalue weighted by Gasteiger charge is -2.23. The number of hydrogen-bond donors (Lipinski definition) is 2. The fourth-order valence-electron chi connectivity index (χ4n) is 1.37. The van der Waals surface area contributed by atoms with Crippen molar-refractivity contribution in [2.45, 2.75) is 32.2 Å². The Hall–Kier alpha value is -0.620. The molecule has 1 heterocycles. The van der Waals surface area contributed by atoms with Crippen LogP contribution >= 0.6 is 34.5 Å². The molecule has 0 bridgehead atoms. The Morgan fingerprint density at radius 2 is 2.00 bits per heavy atom. The maximum Gasteiger partial charge on any atom is 0.220 e. The number of hydrogen-bond acceptors (Lipinski definition) is 4. The van der Waals surface area contributed by atoms with E-state index in [2.05, 4.69) is 5.32 Å². The highest BCUT2D eigenvalue weighted by molar-refractivity contribution is 7.20. The number of amides is 1. The van der Waals surface area contributed by atoms with E-state index in [0.717, 1.165) is 11.3 Å². The molecule has 0 aliphatic rings. The van der Waals surface area contributed by atoms with Gasteiger partial charge >= 0.3 is 0 Å². The van der Waals surface area contributed by atoms with Crippen molar-refractivity contribution in [3.05, 3.63) is 20.3 Å². The highest BCUT2D eigenvalue weighted by Crippen LogP contribution is 2.32. The molecule has 7 heteroatoms. The first-order valence-corrected chi connectivity index (χ1v) is 7.22. The number of nitrogens with one attached hydrogen (secondary N) is 1. The van der Waals surface area contributed by atoms with Gasteiger partial charge in [0.1, 0.15) is 4.34 Å². The van der Waals surface area contributed by atoms with Crippen molar-refractivity contribution >= 4 is 46.2 Å². The van der Waals surface area contributed by atoms with Gasteiger partial charge in [-0.05, 0) is 19.9 Å². The third-order valence-electron chi connectivity index (χ3n) is 2.41. The maximum absolute atomic E-state index is 11.9. The molecule has 106 valence electrons. The molecule has 0 saturated carbocycles. The van der Waals surface area contributed by atoms with Gasteiger partial charge in [-0.25, -0.2) is 0 Å². The molecular formula is C12H15Cl2NO3S. The summed E-state index contributed by atoms with van der Waals surface area (Å²) in [6, 6.07) is 1.51. The molecule has 0 atom stereocenters. The van der Waals surface area contributed by atoms with E-state index in [1.807, 2.05) is 0 Å². The Balaban J connectivity index is 2.51. The van der Waals surface area contributed by atoms with Gasteiger partial charge in [-0.15, -0.1) is 11.3 Å². The zero-order chi connectivity index (χ0) is 14.6. The molecular weight excluding hydrogens is 309 g/mol. The van der Waals surface area contributed by atoms with Crippen LogP contribution in [0.3, 0.4) is 0 Å². The summed E-state index contributed by atoms with van der Waals surface area (Å²) < 4.78 is 0.783. The first-order valence-electron chi connectivity index (χ1n) is 5.65. The number of aliphatic hydroxyl groups excluding tert-OH is 1. The summed E-state index contributed by atoms with van der Waals surface area (Å²) in [5.41, 5.74) is -0.338. The molecule has 0 aliphatic heterocycles. The second kappa shape index (κ2) is 6.70. The molecule has 1 amide bonds. The van der Waals surface area contributed by atoms with Crippen molar-refractivity contribution in [2.24, 2.45) is 0 Å². The van der Waals surface area contributed by atoms with Crippen LogP contribution in [-0.4, -0.2) is 28.9 Å². The fourth-order valence-corrected chi connectivity index (χ4v) is 2.87. The van der Waals surface area contributed by atoms with Gasteiger partial charge in [-0.3, -0.25) is 9.59 Å². The summed E-state index contributed by atoms with van der Waals surface area (Å²) in [6.45, 7) is 3.23. The van der Waals surface area contributed by atoms with Crippen LogP contribution in [0.15, 0.2) is 6.07 Å². The number of halogens is 2. The Morgan fingerprint density at radius 3 is 2.47 bits per heavy atom. The maximum atomic E-state index is 11.9. The number of rotatable bonds is 6. The largest absolute Gasteiger partial charge is 0.394 e. The molecule has 1 aromatic rings. The van der Waals surface area contributed by atoms with Crippen molar-refractivity contribution in [2.75, 3.05) is 6.61 Å². The first-order chi connectivity index (χ1) is 8.75. The molecule has 0 aliphatic carbocycles. The summed E-state index contributed by atoms with van der Waals surface area (Å²) in [6.07, 6.45) is 0.103. The van der Waals surface area contributed by atoms with Crippen LogP contribution in [0.25, 0.3) is 0 Å². The van der Waals surface area contributed by atoms with E-state index in [4.69, 9.17) is 28.3 Å². The van der Waals surface area contributed by atoms with E-state index in [-0.39, 0.29) is 31.1 Å². The van der Waals surface area contributed by atoms with Crippen molar-refractivity contribution in [3.63, 3.8) is 0 Å². The van der Waals surface area contributed by atoms with Crippen LogP contribution < -0.4 is 5.32 Å². The van der Waals surface area contributed by atoms with Gasteiger partial charge in [0.25, 0.3) is 0 Å². The van der Waals surface area contributed by atoms with Gasteiger partial charge in [-0.2, -0.15) is 0 Å². The molecule has 1 aromatic heterocycles. The normalized spacial score (nSPS) is 11.4. The summed E-state index contributed by atoms with van der Waals surface area (Å²) in [5, 5.41) is 11.7. The molecule has 1 rings (SSSR count). The number of aliphatic hydroxyl groups is 1. The SMILES string of the molecule is CC(C)(CO)NC(=O)CCC(=O)c1cc(Cl)sc1Cl. The molecule has 0 unspecified atom stereocenters. The molecule has 19 heavy (non-hydrogen) atoms. The van der Waals surface area contributed by atoms with Gasteiger partial charge in [0, 0.05) is 18.4 Å². The van der Waals surface area contributed by atoms with Crippen molar-refractivity contribution in [1.82, 2.24) is 5.32 Å². The third-order valence-corrected chi connectivity index (χ3v) is 3.90. The molecule has 0 spiro atoms. The lowest BCUT2D eigenvalue weighted by atomic mass is 10.1. The molecule has 0 saturated heterocycles. The standard InChI is InChI=1S/C12H15Cl2NO3S/c1-12(2,6-16)15-10(18)4-3-8(17)7-5-9(13)19-11(7)14/h5,16H,3-4,6H2,1-2H3,(H,15,18). The lowest BCUT2D eigenvalue weighted by molar-refractivity contribution is -0.123. The Bertz CT molecular complexity index is 485. The van der Waals surface area contributed by atoms with Crippen LogP contribution in [0.5, 0.6) is 0 Å². The molecule has 0 radical (unpaired) electrons. The Morgan fingerprint density at radius 1 is 1.37 bits per heavy atom. The topological polar surface area (TPSA) is 66.4 Å². The summed E-state index contributed by atoms with van der Waals surface area (Å²) >= 11 is 12.7. The molecule has 0 fully saturated rings. The van der Waals surface area contributed by atoms with Crippen LogP contribution in [0.4, 0.5) is 0 Å². The van der Waals surface area contributed by atoms with Gasteiger partial charge in [-0.1, -0.05) is 23.2 Å². The van der Waals surface area contributed by atoms with Crippen LogP contribution in [0.1, 0.15) is 37.0 Å². The lowest BCUT2D eigenvalue weighted by Crippen LogP contribution is -2.46. The minimum atomic E-state index is -0.691. The minimum absolute atomic E-state index is 0.0477. The molecule has 0 aromatic carbocycles. The van der Waals surface area contributed by atoms with E-state index >= 15 is 0 Å². The number of ketones is 1. The molecule has 4 nitrogen and oxygen atoms in total. The quantitative estimate of drug-likeness (QED) is 0.791. The van der Waals surface area contributed by atoms with Crippen LogP contribution in [0, 0.1) is 0 Å². The predicted octanol–water partition coefficient (Wildman–Crippen LogP) is 2.90. The third kappa shape index (κ3) is 5.10. The number of thiophene rings is 1. The van der Waals surface area contributed by atoms with Gasteiger partial charge in [0.2, 0.25) is 5.91 Å². The summed E-state index contributed by atoms with van der Waals surface area (Å²) in [5.74, 6) is -0.505. The second-order valence-corrected chi connectivity index (χ2v) is 7.04. The minimum Gasteiger partial charge on any atom is -0.394 e. The Labute approximate surface area is 125 Å². The van der Waals surface area contributed by atoms with E-state index in [1.165, 1.54) is 6.07 Å². The highest BCUT2D eigenvalue weighted by Gasteiger charge is 2.20. The molecule has 2 N–H and O–H groups in total. The summed E-state index contributed by atoms with van der Waals surface area (Å²) in [7, 11) is 0. The van der Waals surface area contributed by atoms with Gasteiger partial charge < -0.3 is 10.4 Å². The Kier molecular flexibility index (Phi) is 5.80. The second-order valence-electron chi connectivity index (χ2n) is 4.75. The predicted molar refractivity (Wildman–Crippen MR) is 77.2 cm³/mol. The number of Topliss-reactive ketones (excluding diaryl/α,β-unsaturated/α-hetero) is 1. The van der Waals surface area contributed by atoms with Crippen LogP contribution in [-0.2, 0) is 4.79 Å².